The Morgan fingerprint density at radius 1 is 1.15 bits per heavy atom. The van der Waals surface area contributed by atoms with Crippen LogP contribution in [0.1, 0.15) is 21.6 Å². The summed E-state index contributed by atoms with van der Waals surface area (Å²) in [6, 6.07) is 9.78. The van der Waals surface area contributed by atoms with E-state index in [0.717, 1.165) is 23.4 Å². The molecule has 0 atom stereocenters. The fourth-order valence-electron chi connectivity index (χ4n) is 2.52. The van der Waals surface area contributed by atoms with Gasteiger partial charge in [0.2, 0.25) is 0 Å². The topological polar surface area (TPSA) is 59.8 Å². The Kier molecular flexibility index (Phi) is 4.75. The average Bonchev–Trinajstić information content (AvgIpc) is 3.00. The predicted octanol–water partition coefficient (Wildman–Crippen LogP) is 3.43. The molecule has 0 saturated heterocycles. The number of nitrogens with zero attached hydrogens (tertiary/aromatic N) is 3. The van der Waals surface area contributed by atoms with Crippen molar-refractivity contribution in [3.05, 3.63) is 71.7 Å². The fraction of sp³-hybridized carbons (Fsp3) is 0.167. The first-order valence-corrected chi connectivity index (χ1v) is 7.73. The molecule has 0 saturated carbocycles. The lowest BCUT2D eigenvalue weighted by atomic mass is 10.1. The van der Waals surface area contributed by atoms with Crippen LogP contribution in [0.4, 0.5) is 13.2 Å². The Labute approximate surface area is 147 Å². The maximum Gasteiger partial charge on any atom is 0.416 e. The van der Waals surface area contributed by atoms with Gasteiger partial charge in [0.1, 0.15) is 0 Å². The summed E-state index contributed by atoms with van der Waals surface area (Å²) in [6.07, 6.45) is -1.16. The number of aryl methyl sites for hydroxylation is 1. The number of aromatic nitrogens is 3. The third-order valence-corrected chi connectivity index (χ3v) is 3.79. The number of rotatable bonds is 4. The van der Waals surface area contributed by atoms with Crippen LogP contribution in [0.2, 0.25) is 0 Å². The summed E-state index contributed by atoms with van der Waals surface area (Å²) >= 11 is 0. The summed E-state index contributed by atoms with van der Waals surface area (Å²) in [7, 11) is 1.77. The molecule has 5 nitrogen and oxygen atoms in total. The van der Waals surface area contributed by atoms with Crippen molar-refractivity contribution in [2.75, 3.05) is 0 Å². The molecule has 2 heterocycles. The second kappa shape index (κ2) is 6.99. The van der Waals surface area contributed by atoms with E-state index in [0.29, 0.717) is 5.69 Å². The molecule has 3 rings (SSSR count). The summed E-state index contributed by atoms with van der Waals surface area (Å²) in [5.74, 6) is -0.591. The summed E-state index contributed by atoms with van der Waals surface area (Å²) < 4.78 is 39.9. The third-order valence-electron chi connectivity index (χ3n) is 3.79. The van der Waals surface area contributed by atoms with Crippen LogP contribution in [0.25, 0.3) is 11.3 Å². The maximum atomic E-state index is 12.7. The van der Waals surface area contributed by atoms with Gasteiger partial charge in [0, 0.05) is 30.6 Å². The minimum atomic E-state index is -4.49. The zero-order valence-electron chi connectivity index (χ0n) is 13.8. The van der Waals surface area contributed by atoms with Crippen molar-refractivity contribution in [3.63, 3.8) is 0 Å². The van der Waals surface area contributed by atoms with Crippen LogP contribution in [0, 0.1) is 0 Å². The molecule has 0 aliphatic rings. The van der Waals surface area contributed by atoms with Gasteiger partial charge in [-0.1, -0.05) is 6.07 Å². The van der Waals surface area contributed by atoms with Gasteiger partial charge in [-0.3, -0.25) is 14.5 Å². The quantitative estimate of drug-likeness (QED) is 0.775. The lowest BCUT2D eigenvalue weighted by molar-refractivity contribution is -0.137. The lowest BCUT2D eigenvalue weighted by Crippen LogP contribution is -2.23. The van der Waals surface area contributed by atoms with E-state index in [4.69, 9.17) is 0 Å². The molecule has 1 aromatic carbocycles. The van der Waals surface area contributed by atoms with E-state index >= 15 is 0 Å². The highest BCUT2D eigenvalue weighted by Crippen LogP contribution is 2.29. The van der Waals surface area contributed by atoms with Crippen LogP contribution in [0.5, 0.6) is 0 Å². The van der Waals surface area contributed by atoms with Crippen LogP contribution in [0.3, 0.4) is 0 Å². The molecule has 0 radical (unpaired) electrons. The normalized spacial score (nSPS) is 11.4. The molecule has 0 unspecified atom stereocenters. The number of hydrogen-bond acceptors (Lipinski definition) is 3. The van der Waals surface area contributed by atoms with Crippen LogP contribution in [-0.2, 0) is 19.8 Å². The standard InChI is InChI=1S/C18H15F3N4O/c1-25-16(12-5-7-22-8-6-12)10-15(24-25)11-23-17(26)13-3-2-4-14(9-13)18(19,20)21/h2-10H,11H2,1H3,(H,23,26). The molecule has 26 heavy (non-hydrogen) atoms. The molecule has 134 valence electrons. The monoisotopic (exact) mass is 360 g/mol. The van der Waals surface area contributed by atoms with E-state index < -0.39 is 17.6 Å². The van der Waals surface area contributed by atoms with Gasteiger partial charge in [-0.2, -0.15) is 18.3 Å². The molecule has 0 spiro atoms. The highest BCUT2D eigenvalue weighted by atomic mass is 19.4. The Morgan fingerprint density at radius 3 is 2.58 bits per heavy atom. The summed E-state index contributed by atoms with van der Waals surface area (Å²) in [5.41, 5.74) is 1.45. The number of halogens is 3. The minimum absolute atomic E-state index is 0.0508. The smallest absolute Gasteiger partial charge is 0.346 e. The Hall–Kier alpha value is -3.16. The number of amides is 1. The first-order chi connectivity index (χ1) is 12.3. The van der Waals surface area contributed by atoms with Crippen LogP contribution >= 0.6 is 0 Å². The maximum absolute atomic E-state index is 12.7. The third kappa shape index (κ3) is 3.90. The summed E-state index contributed by atoms with van der Waals surface area (Å²) in [5, 5.41) is 6.90. The number of carbonyl (C=O) groups is 1. The number of hydrogen-bond donors (Lipinski definition) is 1. The Bertz CT molecular complexity index is 920. The number of benzene rings is 1. The van der Waals surface area contributed by atoms with Crippen molar-refractivity contribution < 1.29 is 18.0 Å². The van der Waals surface area contributed by atoms with Crippen molar-refractivity contribution >= 4 is 5.91 Å². The van der Waals surface area contributed by atoms with Gasteiger partial charge in [0.25, 0.3) is 5.91 Å². The SMILES string of the molecule is Cn1nc(CNC(=O)c2cccc(C(F)(F)F)c2)cc1-c1ccncc1. The first-order valence-electron chi connectivity index (χ1n) is 7.73. The molecule has 0 aliphatic carbocycles. The van der Waals surface area contributed by atoms with Gasteiger partial charge in [0.05, 0.1) is 23.5 Å². The van der Waals surface area contributed by atoms with E-state index in [9.17, 15) is 18.0 Å². The summed E-state index contributed by atoms with van der Waals surface area (Å²) in [4.78, 5) is 16.1. The Balaban J connectivity index is 1.71. The van der Waals surface area contributed by atoms with Gasteiger partial charge in [-0.25, -0.2) is 0 Å². The zero-order valence-corrected chi connectivity index (χ0v) is 13.8. The highest BCUT2D eigenvalue weighted by molar-refractivity contribution is 5.94. The van der Waals surface area contributed by atoms with Crippen molar-refractivity contribution in [2.24, 2.45) is 7.05 Å². The predicted molar refractivity (Wildman–Crippen MR) is 89.1 cm³/mol. The highest BCUT2D eigenvalue weighted by Gasteiger charge is 2.30. The van der Waals surface area contributed by atoms with Gasteiger partial charge in [-0.15, -0.1) is 0 Å². The van der Waals surface area contributed by atoms with Gasteiger partial charge in [-0.05, 0) is 36.4 Å². The second-order valence-corrected chi connectivity index (χ2v) is 5.64. The molecule has 0 fully saturated rings. The lowest BCUT2D eigenvalue weighted by Gasteiger charge is -2.08. The molecule has 0 bridgehead atoms. The van der Waals surface area contributed by atoms with Crippen molar-refractivity contribution in [2.45, 2.75) is 12.7 Å². The van der Waals surface area contributed by atoms with E-state index in [1.807, 2.05) is 18.2 Å². The van der Waals surface area contributed by atoms with Crippen molar-refractivity contribution in [3.8, 4) is 11.3 Å². The van der Waals surface area contributed by atoms with Crippen LogP contribution < -0.4 is 5.32 Å². The largest absolute Gasteiger partial charge is 0.416 e. The fourth-order valence-corrected chi connectivity index (χ4v) is 2.52. The molecule has 3 aromatic rings. The van der Waals surface area contributed by atoms with Gasteiger partial charge in [0.15, 0.2) is 0 Å². The van der Waals surface area contributed by atoms with Crippen LogP contribution in [0.15, 0.2) is 54.9 Å². The molecule has 2 aromatic heterocycles. The van der Waals surface area contributed by atoms with Crippen molar-refractivity contribution in [1.82, 2.24) is 20.1 Å². The molecular formula is C18H15F3N4O. The zero-order chi connectivity index (χ0) is 18.7. The average molecular weight is 360 g/mol. The number of pyridine rings is 1. The van der Waals surface area contributed by atoms with E-state index in [2.05, 4.69) is 15.4 Å². The Morgan fingerprint density at radius 2 is 1.88 bits per heavy atom. The molecule has 1 N–H and O–H groups in total. The molecule has 0 aliphatic heterocycles. The van der Waals surface area contributed by atoms with Gasteiger partial charge >= 0.3 is 6.18 Å². The molecule has 1 amide bonds. The number of nitrogens with one attached hydrogen (secondary N) is 1. The molecule has 8 heteroatoms. The van der Waals surface area contributed by atoms with E-state index in [1.54, 1.807) is 24.1 Å². The number of alkyl halides is 3. The van der Waals surface area contributed by atoms with E-state index in [1.165, 1.54) is 12.1 Å². The van der Waals surface area contributed by atoms with Crippen molar-refractivity contribution in [1.29, 1.82) is 0 Å². The number of carbonyl (C=O) groups excluding carboxylic acids is 1. The molecular weight excluding hydrogens is 345 g/mol. The van der Waals surface area contributed by atoms with Gasteiger partial charge < -0.3 is 5.32 Å². The summed E-state index contributed by atoms with van der Waals surface area (Å²) in [6.45, 7) is 0.105. The van der Waals surface area contributed by atoms with E-state index in [-0.39, 0.29) is 12.1 Å². The minimum Gasteiger partial charge on any atom is -0.346 e. The second-order valence-electron chi connectivity index (χ2n) is 5.64. The first kappa shape index (κ1) is 17.7. The van der Waals surface area contributed by atoms with Crippen LogP contribution in [-0.4, -0.2) is 20.7 Å².